The molecule has 0 atom stereocenters. The summed E-state index contributed by atoms with van der Waals surface area (Å²) in [7, 11) is 0. The second-order valence-electron chi connectivity index (χ2n) is 6.94. The molecule has 3 rings (SSSR count). The van der Waals surface area contributed by atoms with Crippen molar-refractivity contribution in [2.24, 2.45) is 5.92 Å². The number of hydrogen-bond acceptors (Lipinski definition) is 3. The Hall–Kier alpha value is -2.66. The minimum Gasteiger partial charge on any atom is -0.349 e. The maximum atomic E-state index is 12.5. The third kappa shape index (κ3) is 4.19. The Kier molecular flexibility index (Phi) is 5.91. The molecular formula is C22H25N3OS. The number of thiazole rings is 1. The van der Waals surface area contributed by atoms with Gasteiger partial charge >= 0.3 is 0 Å². The van der Waals surface area contributed by atoms with Crippen LogP contribution in [0.1, 0.15) is 29.9 Å². The van der Waals surface area contributed by atoms with Crippen molar-refractivity contribution in [2.75, 3.05) is 6.54 Å². The highest BCUT2D eigenvalue weighted by molar-refractivity contribution is 7.13. The van der Waals surface area contributed by atoms with Crippen LogP contribution >= 0.6 is 11.3 Å². The van der Waals surface area contributed by atoms with Crippen molar-refractivity contribution in [2.45, 2.75) is 27.3 Å². The SMILES string of the molecule is C=CCNC(=O)c1cc(-c2csc(-c3ccccc3)n2)n(CC(C)C)c1C. The topological polar surface area (TPSA) is 46.9 Å². The molecule has 140 valence electrons. The van der Waals surface area contributed by atoms with Gasteiger partial charge in [0.25, 0.3) is 5.91 Å². The molecule has 0 aliphatic rings. The first-order valence-electron chi connectivity index (χ1n) is 9.11. The number of benzene rings is 1. The van der Waals surface area contributed by atoms with E-state index < -0.39 is 0 Å². The van der Waals surface area contributed by atoms with E-state index in [4.69, 9.17) is 4.98 Å². The van der Waals surface area contributed by atoms with Crippen molar-refractivity contribution < 1.29 is 4.79 Å². The highest BCUT2D eigenvalue weighted by Crippen LogP contribution is 2.32. The van der Waals surface area contributed by atoms with Crippen LogP contribution in [-0.2, 0) is 6.54 Å². The molecule has 2 aromatic heterocycles. The Balaban J connectivity index is 2.02. The van der Waals surface area contributed by atoms with Gasteiger partial charge in [0.15, 0.2) is 0 Å². The van der Waals surface area contributed by atoms with Crippen molar-refractivity contribution in [3.63, 3.8) is 0 Å². The van der Waals surface area contributed by atoms with Crippen molar-refractivity contribution in [3.05, 3.63) is 65.7 Å². The molecule has 0 radical (unpaired) electrons. The van der Waals surface area contributed by atoms with Gasteiger partial charge in [0, 0.05) is 29.7 Å². The zero-order valence-corrected chi connectivity index (χ0v) is 16.8. The molecule has 5 heteroatoms. The first kappa shape index (κ1) is 19.1. The van der Waals surface area contributed by atoms with Gasteiger partial charge in [-0.2, -0.15) is 0 Å². The molecule has 0 aliphatic carbocycles. The van der Waals surface area contributed by atoms with Crippen LogP contribution in [0, 0.1) is 12.8 Å². The van der Waals surface area contributed by atoms with Gasteiger partial charge in [0.2, 0.25) is 0 Å². The largest absolute Gasteiger partial charge is 0.349 e. The fourth-order valence-electron chi connectivity index (χ4n) is 3.05. The van der Waals surface area contributed by atoms with E-state index in [2.05, 4.69) is 47.8 Å². The van der Waals surface area contributed by atoms with Gasteiger partial charge in [-0.15, -0.1) is 17.9 Å². The fraction of sp³-hybridized carbons (Fsp3) is 0.273. The van der Waals surface area contributed by atoms with Crippen molar-refractivity contribution in [3.8, 4) is 22.0 Å². The van der Waals surface area contributed by atoms with Crippen molar-refractivity contribution in [1.29, 1.82) is 0 Å². The molecule has 1 N–H and O–H groups in total. The number of rotatable bonds is 7. The predicted octanol–water partition coefficient (Wildman–Crippen LogP) is 5.16. The summed E-state index contributed by atoms with van der Waals surface area (Å²) in [6.45, 7) is 11.3. The van der Waals surface area contributed by atoms with E-state index in [9.17, 15) is 4.79 Å². The summed E-state index contributed by atoms with van der Waals surface area (Å²) in [5.74, 6) is 0.390. The van der Waals surface area contributed by atoms with E-state index in [-0.39, 0.29) is 5.91 Å². The lowest BCUT2D eigenvalue weighted by atomic mass is 10.2. The van der Waals surface area contributed by atoms with Gasteiger partial charge in [-0.3, -0.25) is 4.79 Å². The molecule has 0 aliphatic heterocycles. The summed E-state index contributed by atoms with van der Waals surface area (Å²) in [6, 6.07) is 12.1. The molecule has 0 saturated heterocycles. The number of carbonyl (C=O) groups excluding carboxylic acids is 1. The van der Waals surface area contributed by atoms with Crippen molar-refractivity contribution >= 4 is 17.2 Å². The van der Waals surface area contributed by atoms with E-state index in [1.54, 1.807) is 17.4 Å². The average molecular weight is 380 g/mol. The minimum atomic E-state index is -0.0744. The first-order valence-corrected chi connectivity index (χ1v) is 9.99. The summed E-state index contributed by atoms with van der Waals surface area (Å²) in [5, 5.41) is 5.93. The Morgan fingerprint density at radius 1 is 1.33 bits per heavy atom. The first-order chi connectivity index (χ1) is 13.0. The van der Waals surface area contributed by atoms with E-state index >= 15 is 0 Å². The molecule has 2 heterocycles. The normalized spacial score (nSPS) is 11.0. The molecule has 0 saturated carbocycles. The molecule has 0 unspecified atom stereocenters. The van der Waals surface area contributed by atoms with E-state index in [0.29, 0.717) is 18.0 Å². The molecule has 27 heavy (non-hydrogen) atoms. The maximum absolute atomic E-state index is 12.5. The third-order valence-corrected chi connectivity index (χ3v) is 5.24. The van der Waals surface area contributed by atoms with Crippen LogP contribution in [0.15, 0.2) is 54.4 Å². The number of amides is 1. The molecule has 0 spiro atoms. The quantitative estimate of drug-likeness (QED) is 0.577. The maximum Gasteiger partial charge on any atom is 0.253 e. The van der Waals surface area contributed by atoms with Crippen LogP contribution in [0.5, 0.6) is 0 Å². The average Bonchev–Trinajstić information content (AvgIpc) is 3.26. The Bertz CT molecular complexity index is 938. The third-order valence-electron chi connectivity index (χ3n) is 4.35. The number of carbonyl (C=O) groups is 1. The number of aromatic nitrogens is 2. The summed E-state index contributed by atoms with van der Waals surface area (Å²) in [5.41, 5.74) is 4.67. The van der Waals surface area contributed by atoms with E-state index in [0.717, 1.165) is 34.2 Å². The number of hydrogen-bond donors (Lipinski definition) is 1. The van der Waals surface area contributed by atoms with Gasteiger partial charge in [-0.1, -0.05) is 50.3 Å². The minimum absolute atomic E-state index is 0.0744. The van der Waals surface area contributed by atoms with E-state index in [1.807, 2.05) is 31.2 Å². The lowest BCUT2D eigenvalue weighted by Gasteiger charge is -2.13. The summed E-state index contributed by atoms with van der Waals surface area (Å²) >= 11 is 1.62. The molecule has 0 fully saturated rings. The van der Waals surface area contributed by atoms with Crippen LogP contribution in [0.4, 0.5) is 0 Å². The van der Waals surface area contributed by atoms with Gasteiger partial charge in [-0.25, -0.2) is 4.98 Å². The van der Waals surface area contributed by atoms with Crippen LogP contribution in [0.3, 0.4) is 0 Å². The Morgan fingerprint density at radius 3 is 2.74 bits per heavy atom. The van der Waals surface area contributed by atoms with E-state index in [1.165, 1.54) is 0 Å². The predicted molar refractivity (Wildman–Crippen MR) is 113 cm³/mol. The molecule has 1 aromatic carbocycles. The zero-order chi connectivity index (χ0) is 19.4. The molecule has 4 nitrogen and oxygen atoms in total. The summed E-state index contributed by atoms with van der Waals surface area (Å²) in [4.78, 5) is 17.4. The lowest BCUT2D eigenvalue weighted by molar-refractivity contribution is 0.0957. The zero-order valence-electron chi connectivity index (χ0n) is 16.0. The van der Waals surface area contributed by atoms with Crippen LogP contribution in [-0.4, -0.2) is 22.0 Å². The van der Waals surface area contributed by atoms with Gasteiger partial charge in [-0.05, 0) is 18.9 Å². The number of nitrogens with zero attached hydrogens (tertiary/aromatic N) is 2. The summed E-state index contributed by atoms with van der Waals surface area (Å²) < 4.78 is 2.21. The second-order valence-corrected chi connectivity index (χ2v) is 7.79. The standard InChI is InChI=1S/C22H25N3OS/c1-5-11-23-21(26)18-12-20(25(16(18)4)13-15(2)3)19-14-27-22(24-19)17-9-7-6-8-10-17/h5-10,12,14-15H,1,11,13H2,2-4H3,(H,23,26). The molecule has 1 amide bonds. The second kappa shape index (κ2) is 8.35. The van der Waals surface area contributed by atoms with Crippen LogP contribution in [0.25, 0.3) is 22.0 Å². The van der Waals surface area contributed by atoms with Gasteiger partial charge < -0.3 is 9.88 Å². The Labute approximate surface area is 164 Å². The summed E-state index contributed by atoms with van der Waals surface area (Å²) in [6.07, 6.45) is 1.69. The van der Waals surface area contributed by atoms with Crippen molar-refractivity contribution in [1.82, 2.24) is 14.9 Å². The van der Waals surface area contributed by atoms with Crippen LogP contribution < -0.4 is 5.32 Å². The lowest BCUT2D eigenvalue weighted by Crippen LogP contribution is -2.23. The molecule has 3 aromatic rings. The monoisotopic (exact) mass is 379 g/mol. The number of nitrogens with one attached hydrogen (secondary N) is 1. The van der Waals surface area contributed by atoms with Gasteiger partial charge in [0.05, 0.1) is 17.0 Å². The highest BCUT2D eigenvalue weighted by atomic mass is 32.1. The molecule has 0 bridgehead atoms. The van der Waals surface area contributed by atoms with Gasteiger partial charge in [0.1, 0.15) is 5.01 Å². The molecular weight excluding hydrogens is 354 g/mol. The Morgan fingerprint density at radius 2 is 2.07 bits per heavy atom. The highest BCUT2D eigenvalue weighted by Gasteiger charge is 2.20. The smallest absolute Gasteiger partial charge is 0.253 e. The fourth-order valence-corrected chi connectivity index (χ4v) is 3.87. The van der Waals surface area contributed by atoms with Crippen LogP contribution in [0.2, 0.25) is 0 Å².